The van der Waals surface area contributed by atoms with Crippen molar-refractivity contribution >= 4 is 35.2 Å². The van der Waals surface area contributed by atoms with Gasteiger partial charge in [0.15, 0.2) is 0 Å². The van der Waals surface area contributed by atoms with Crippen molar-refractivity contribution in [2.75, 3.05) is 6.61 Å². The van der Waals surface area contributed by atoms with Gasteiger partial charge in [0.25, 0.3) is 5.91 Å². The van der Waals surface area contributed by atoms with Crippen LogP contribution in [0.5, 0.6) is 5.75 Å². The second-order valence-electron chi connectivity index (χ2n) is 10.5. The topological polar surface area (TPSA) is 177 Å². The van der Waals surface area contributed by atoms with E-state index in [-0.39, 0.29) is 37.3 Å². The third-order valence-corrected chi connectivity index (χ3v) is 7.21. The van der Waals surface area contributed by atoms with Gasteiger partial charge in [0.2, 0.25) is 17.7 Å². The van der Waals surface area contributed by atoms with E-state index in [4.69, 9.17) is 16.3 Å². The van der Waals surface area contributed by atoms with Crippen LogP contribution in [-0.2, 0) is 33.9 Å². The molecule has 13 nitrogen and oxygen atoms in total. The lowest BCUT2D eigenvalue weighted by molar-refractivity contribution is -0.134. The number of amides is 4. The van der Waals surface area contributed by atoms with Crippen LogP contribution in [0.15, 0.2) is 54.7 Å². The highest BCUT2D eigenvalue weighted by Gasteiger charge is 2.32. The number of nitrogens with zero attached hydrogens (tertiary/aromatic N) is 3. The number of hydrogen-bond donors (Lipinski definition) is 5. The van der Waals surface area contributed by atoms with E-state index in [1.54, 1.807) is 18.3 Å². The maximum Gasteiger partial charge on any atom is 0.255 e. The van der Waals surface area contributed by atoms with Crippen molar-refractivity contribution in [3.05, 3.63) is 76.6 Å². The summed E-state index contributed by atoms with van der Waals surface area (Å²) in [6.45, 7) is 3.65. The highest BCUT2D eigenvalue weighted by Crippen LogP contribution is 2.23. The quantitative estimate of drug-likeness (QED) is 0.280. The van der Waals surface area contributed by atoms with Crippen LogP contribution in [0.4, 0.5) is 0 Å². The Morgan fingerprint density at radius 2 is 1.80 bits per heavy atom. The molecule has 5 N–H and O–H groups in total. The maximum atomic E-state index is 13.4. The lowest BCUT2D eigenvalue weighted by atomic mass is 10.0. The highest BCUT2D eigenvalue weighted by atomic mass is 35.5. The van der Waals surface area contributed by atoms with Gasteiger partial charge in [-0.05, 0) is 37.1 Å². The lowest BCUT2D eigenvalue weighted by Gasteiger charge is -2.27. The molecule has 234 valence electrons. The van der Waals surface area contributed by atoms with Crippen molar-refractivity contribution in [2.24, 2.45) is 0 Å². The van der Waals surface area contributed by atoms with E-state index in [9.17, 15) is 24.3 Å². The summed E-state index contributed by atoms with van der Waals surface area (Å²) in [4.78, 5) is 53.5. The molecule has 0 unspecified atom stereocenters. The molecule has 3 aromatic rings. The minimum Gasteiger partial charge on any atom is -0.491 e. The molecule has 0 saturated heterocycles. The van der Waals surface area contributed by atoms with Crippen molar-refractivity contribution in [2.45, 2.75) is 70.4 Å². The highest BCUT2D eigenvalue weighted by molar-refractivity contribution is 6.31. The normalized spacial score (nSPS) is 21.0. The lowest BCUT2D eigenvalue weighted by Crippen LogP contribution is -2.60. The van der Waals surface area contributed by atoms with Crippen LogP contribution in [0.2, 0.25) is 5.02 Å². The summed E-state index contributed by atoms with van der Waals surface area (Å²) >= 11 is 6.18. The SMILES string of the molecule is CCC[C@@H]1NC(=O)c2cc(Cl)ccc2OCCn2cc(nn2)CNC(=O)[C@H](Cc2ccccc2)NC(=O)[C@H]([C@@H](C)O)NC1=O. The molecule has 2 heterocycles. The van der Waals surface area contributed by atoms with Gasteiger partial charge in [0, 0.05) is 11.4 Å². The summed E-state index contributed by atoms with van der Waals surface area (Å²) in [7, 11) is 0. The molecule has 0 fully saturated rings. The molecule has 0 aliphatic carbocycles. The van der Waals surface area contributed by atoms with Gasteiger partial charge < -0.3 is 31.1 Å². The first-order valence-electron chi connectivity index (χ1n) is 14.4. The number of aromatic nitrogens is 3. The van der Waals surface area contributed by atoms with Gasteiger partial charge in [-0.1, -0.05) is 60.5 Å². The second-order valence-corrected chi connectivity index (χ2v) is 10.9. The van der Waals surface area contributed by atoms with Gasteiger partial charge in [-0.25, -0.2) is 4.68 Å². The maximum absolute atomic E-state index is 13.4. The van der Waals surface area contributed by atoms with Gasteiger partial charge in [0.1, 0.15) is 36.2 Å². The molecule has 4 atom stereocenters. The monoisotopic (exact) mass is 625 g/mol. The largest absolute Gasteiger partial charge is 0.491 e. The van der Waals surface area contributed by atoms with Gasteiger partial charge >= 0.3 is 0 Å². The Morgan fingerprint density at radius 1 is 1.02 bits per heavy atom. The van der Waals surface area contributed by atoms with Crippen LogP contribution in [-0.4, -0.2) is 74.6 Å². The van der Waals surface area contributed by atoms with Crippen LogP contribution in [0.3, 0.4) is 0 Å². The smallest absolute Gasteiger partial charge is 0.255 e. The zero-order valence-corrected chi connectivity index (χ0v) is 25.2. The molecule has 1 aliphatic rings. The molecule has 2 bridgehead atoms. The van der Waals surface area contributed by atoms with E-state index in [1.165, 1.54) is 17.7 Å². The number of carbonyl (C=O) groups is 4. The van der Waals surface area contributed by atoms with Crippen molar-refractivity contribution < 1.29 is 29.0 Å². The zero-order valence-electron chi connectivity index (χ0n) is 24.5. The Balaban J connectivity index is 1.65. The van der Waals surface area contributed by atoms with Crippen LogP contribution < -0.4 is 26.0 Å². The van der Waals surface area contributed by atoms with Crippen molar-refractivity contribution in [1.29, 1.82) is 0 Å². The molecular formula is C30H36ClN7O6. The predicted octanol–water partition coefficient (Wildman–Crippen LogP) is 1.13. The summed E-state index contributed by atoms with van der Waals surface area (Å²) in [6, 6.07) is 10.2. The van der Waals surface area contributed by atoms with Crippen molar-refractivity contribution in [1.82, 2.24) is 36.3 Å². The molecule has 14 heteroatoms. The molecule has 1 aromatic heterocycles. The van der Waals surface area contributed by atoms with E-state index >= 15 is 0 Å². The summed E-state index contributed by atoms with van der Waals surface area (Å²) in [5.41, 5.74) is 1.38. The van der Waals surface area contributed by atoms with E-state index in [0.717, 1.165) is 5.56 Å². The molecule has 4 amide bonds. The van der Waals surface area contributed by atoms with Gasteiger partial charge in [-0.2, -0.15) is 0 Å². The summed E-state index contributed by atoms with van der Waals surface area (Å²) in [6.07, 6.45) is 1.26. The third-order valence-electron chi connectivity index (χ3n) is 6.97. The fourth-order valence-corrected chi connectivity index (χ4v) is 4.83. The number of ether oxygens (including phenoxy) is 1. The van der Waals surface area contributed by atoms with E-state index in [2.05, 4.69) is 31.6 Å². The van der Waals surface area contributed by atoms with Gasteiger partial charge in [-0.15, -0.1) is 5.10 Å². The first-order chi connectivity index (χ1) is 21.1. The molecule has 44 heavy (non-hydrogen) atoms. The van der Waals surface area contributed by atoms with Gasteiger partial charge in [-0.3, -0.25) is 19.2 Å². The first kappa shape index (κ1) is 32.4. The fourth-order valence-electron chi connectivity index (χ4n) is 4.66. The number of aliphatic hydroxyl groups is 1. The number of hydrogen-bond acceptors (Lipinski definition) is 8. The molecule has 0 radical (unpaired) electrons. The number of carbonyl (C=O) groups excluding carboxylic acids is 4. The van der Waals surface area contributed by atoms with Crippen LogP contribution in [0, 0.1) is 0 Å². The molecular weight excluding hydrogens is 590 g/mol. The van der Waals surface area contributed by atoms with Crippen molar-refractivity contribution in [3.8, 4) is 5.75 Å². The second kappa shape index (κ2) is 15.3. The standard InChI is InChI=1S/C30H36ClN7O6/c1-3-7-23-29(42)35-26(18(2)39)30(43)34-24(14-19-8-5-4-6-9-19)28(41)32-16-21-17-38(37-36-21)12-13-44-25-11-10-20(31)15-22(25)27(40)33-23/h4-6,8-11,15,17-18,23-24,26,39H,3,7,12-14,16H2,1-2H3,(H,32,41)(H,33,40)(H,34,43)(H,35,42)/t18-,23+,24+,26+/m1/s1. The average molecular weight is 626 g/mol. The summed E-state index contributed by atoms with van der Waals surface area (Å²) < 4.78 is 7.40. The summed E-state index contributed by atoms with van der Waals surface area (Å²) in [5.74, 6) is -2.29. The summed E-state index contributed by atoms with van der Waals surface area (Å²) in [5, 5.41) is 29.7. The van der Waals surface area contributed by atoms with E-state index in [0.29, 0.717) is 23.7 Å². The van der Waals surface area contributed by atoms with Crippen LogP contribution in [0.1, 0.15) is 48.3 Å². The third kappa shape index (κ3) is 8.77. The van der Waals surface area contributed by atoms with Crippen LogP contribution in [0.25, 0.3) is 0 Å². The first-order valence-corrected chi connectivity index (χ1v) is 14.7. The number of halogens is 1. The Morgan fingerprint density at radius 3 is 2.52 bits per heavy atom. The number of benzene rings is 2. The number of rotatable bonds is 5. The van der Waals surface area contributed by atoms with Crippen molar-refractivity contribution in [3.63, 3.8) is 0 Å². The fraction of sp³-hybridized carbons (Fsp3) is 0.400. The Hall–Kier alpha value is -4.49. The number of aliphatic hydroxyl groups excluding tert-OH is 1. The molecule has 1 aliphatic heterocycles. The zero-order chi connectivity index (χ0) is 31.6. The minimum absolute atomic E-state index is 0.0393. The Labute approximate surface area is 259 Å². The number of nitrogens with one attached hydrogen (secondary N) is 4. The average Bonchev–Trinajstić information content (AvgIpc) is 3.46. The van der Waals surface area contributed by atoms with Crippen LogP contribution >= 0.6 is 11.6 Å². The molecule has 4 rings (SSSR count). The minimum atomic E-state index is -1.42. The van der Waals surface area contributed by atoms with Gasteiger partial charge in [0.05, 0.1) is 31.0 Å². The Bertz CT molecular complexity index is 1470. The van der Waals surface area contributed by atoms with E-state index < -0.39 is 47.9 Å². The van der Waals surface area contributed by atoms with E-state index in [1.807, 2.05) is 37.3 Å². The molecule has 0 spiro atoms. The number of fused-ring (bicyclic) bond motifs is 3. The molecule has 0 saturated carbocycles. The molecule has 2 aromatic carbocycles. The predicted molar refractivity (Wildman–Crippen MR) is 161 cm³/mol. The Kier molecular flexibility index (Phi) is 11.3.